The van der Waals surface area contributed by atoms with E-state index in [0.717, 1.165) is 6.26 Å². The number of hydrogen-bond acceptors (Lipinski definition) is 9. The third-order valence-electron chi connectivity index (χ3n) is 4.73. The second-order valence-corrected chi connectivity index (χ2v) is 9.74. The number of β-lactam (4-membered cyclic amide) rings is 1. The van der Waals surface area contributed by atoms with Crippen molar-refractivity contribution in [2.45, 2.75) is 36.6 Å². The van der Waals surface area contributed by atoms with Gasteiger partial charge in [0.1, 0.15) is 24.0 Å². The quantitative estimate of drug-likeness (QED) is 0.149. The molecule has 4 atom stereocenters. The number of amides is 1. The first-order chi connectivity index (χ1) is 14.1. The highest BCUT2D eigenvalue weighted by atomic mass is 32.2. The monoisotopic (exact) mass is 456 g/mol. The fourth-order valence-corrected chi connectivity index (χ4v) is 5.81. The van der Waals surface area contributed by atoms with Crippen LogP contribution >= 0.6 is 11.8 Å². The van der Waals surface area contributed by atoms with E-state index in [4.69, 9.17) is 19.2 Å². The van der Waals surface area contributed by atoms with Crippen molar-refractivity contribution < 1.29 is 31.7 Å². The van der Waals surface area contributed by atoms with E-state index in [0.29, 0.717) is 11.3 Å². The van der Waals surface area contributed by atoms with Crippen molar-refractivity contribution in [1.82, 2.24) is 4.90 Å². The molecule has 0 saturated carbocycles. The molecule has 0 radical (unpaired) electrons. The number of carbonyl (C=O) groups is 2. The molecule has 2 aliphatic heterocycles. The summed E-state index contributed by atoms with van der Waals surface area (Å²) >= 11 is 1.18. The molecule has 11 nitrogen and oxygen atoms in total. The van der Waals surface area contributed by atoms with Crippen molar-refractivity contribution in [3.63, 3.8) is 0 Å². The van der Waals surface area contributed by atoms with Crippen molar-refractivity contribution in [2.24, 2.45) is 5.11 Å². The van der Waals surface area contributed by atoms with Crippen LogP contribution < -0.4 is 4.74 Å². The molecule has 2 saturated heterocycles. The van der Waals surface area contributed by atoms with Gasteiger partial charge >= 0.3 is 5.97 Å². The van der Waals surface area contributed by atoms with Gasteiger partial charge in [-0.2, -0.15) is 8.42 Å². The van der Waals surface area contributed by atoms with E-state index in [1.165, 1.54) is 30.7 Å². The van der Waals surface area contributed by atoms with Gasteiger partial charge in [-0.3, -0.25) is 8.98 Å². The molecule has 1 amide bonds. The molecule has 1 aromatic rings. The second-order valence-electron chi connectivity index (χ2n) is 7.06. The highest BCUT2D eigenvalue weighted by Crippen LogP contribution is 2.45. The SMILES string of the molecule is COc1ccc(COC(=O)C2N3C(=O)[C@H](N=[N+]=[N-])[C@H]3SCC2(C)OS(C)(=O)=O)cc1. The first-order valence-electron chi connectivity index (χ1n) is 8.78. The lowest BCUT2D eigenvalue weighted by Crippen LogP contribution is -2.75. The maximum absolute atomic E-state index is 13.0. The molecule has 2 heterocycles. The van der Waals surface area contributed by atoms with E-state index in [1.807, 2.05) is 0 Å². The lowest BCUT2D eigenvalue weighted by Gasteiger charge is -2.56. The summed E-state index contributed by atoms with van der Waals surface area (Å²) in [6.07, 6.45) is 0.870. The van der Waals surface area contributed by atoms with Crippen LogP contribution in [0.1, 0.15) is 12.5 Å². The van der Waals surface area contributed by atoms with Gasteiger partial charge in [0.15, 0.2) is 6.04 Å². The van der Waals surface area contributed by atoms with Crippen molar-refractivity contribution in [3.05, 3.63) is 40.3 Å². The average Bonchev–Trinajstić information content (AvgIpc) is 2.69. The molecule has 2 aliphatic rings. The van der Waals surface area contributed by atoms with Crippen molar-refractivity contribution in [3.8, 4) is 5.75 Å². The first-order valence-corrected chi connectivity index (χ1v) is 11.6. The van der Waals surface area contributed by atoms with E-state index in [9.17, 15) is 18.0 Å². The minimum atomic E-state index is -3.94. The zero-order valence-corrected chi connectivity index (χ0v) is 18.1. The molecular formula is C17H20N4O7S2. The van der Waals surface area contributed by atoms with Gasteiger partial charge in [-0.25, -0.2) is 4.79 Å². The summed E-state index contributed by atoms with van der Waals surface area (Å²) in [7, 11) is -2.41. The predicted octanol–water partition coefficient (Wildman–Crippen LogP) is 1.44. The number of carbonyl (C=O) groups excluding carboxylic acids is 2. The topological polar surface area (TPSA) is 148 Å². The number of nitrogens with zero attached hydrogens (tertiary/aromatic N) is 4. The minimum absolute atomic E-state index is 0.0776. The number of hydrogen-bond donors (Lipinski definition) is 0. The van der Waals surface area contributed by atoms with Gasteiger partial charge in [0.2, 0.25) is 5.91 Å². The Labute approximate surface area is 177 Å². The lowest BCUT2D eigenvalue weighted by molar-refractivity contribution is -0.174. The summed E-state index contributed by atoms with van der Waals surface area (Å²) in [5.74, 6) is -0.676. The molecule has 0 bridgehead atoms. The highest BCUT2D eigenvalue weighted by molar-refractivity contribution is 8.00. The number of rotatable bonds is 7. The van der Waals surface area contributed by atoms with Gasteiger partial charge in [0.25, 0.3) is 10.1 Å². The fourth-order valence-electron chi connectivity index (χ4n) is 3.44. The van der Waals surface area contributed by atoms with Crippen LogP contribution in [0.4, 0.5) is 0 Å². The minimum Gasteiger partial charge on any atom is -0.497 e. The Hall–Kier alpha value is -2.47. The van der Waals surface area contributed by atoms with Gasteiger partial charge in [-0.1, -0.05) is 17.2 Å². The zero-order chi connectivity index (χ0) is 22.1. The van der Waals surface area contributed by atoms with Gasteiger partial charge in [0.05, 0.1) is 18.7 Å². The van der Waals surface area contributed by atoms with E-state index in [1.54, 1.807) is 24.3 Å². The standard InChI is InChI=1S/C17H20N4O7S2/c1-17(28-30(3,24)25)9-29-15-12(19-20-18)14(22)21(15)13(17)16(23)27-8-10-4-6-11(26-2)7-5-10/h4-7,12-13,15H,8-9H2,1-3H3/t12-,13?,15+,17?/m0/s1. The average molecular weight is 457 g/mol. The summed E-state index contributed by atoms with van der Waals surface area (Å²) in [4.78, 5) is 29.3. The number of ether oxygens (including phenoxy) is 2. The van der Waals surface area contributed by atoms with E-state index < -0.39 is 45.1 Å². The van der Waals surface area contributed by atoms with Gasteiger partial charge in [-0.15, -0.1) is 11.8 Å². The fraction of sp³-hybridized carbons (Fsp3) is 0.529. The smallest absolute Gasteiger partial charge is 0.332 e. The lowest BCUT2D eigenvalue weighted by atomic mass is 9.91. The Morgan fingerprint density at radius 1 is 1.40 bits per heavy atom. The van der Waals surface area contributed by atoms with Crippen LogP contribution in [-0.4, -0.2) is 67.4 Å². The predicted molar refractivity (Wildman–Crippen MR) is 107 cm³/mol. The molecule has 2 fully saturated rings. The van der Waals surface area contributed by atoms with E-state index in [-0.39, 0.29) is 12.4 Å². The van der Waals surface area contributed by atoms with Crippen LogP contribution in [0.2, 0.25) is 0 Å². The number of azide groups is 1. The normalized spacial score (nSPS) is 28.0. The highest BCUT2D eigenvalue weighted by Gasteiger charge is 2.62. The van der Waals surface area contributed by atoms with Crippen LogP contribution in [0, 0.1) is 0 Å². The molecule has 0 spiro atoms. The zero-order valence-electron chi connectivity index (χ0n) is 16.4. The van der Waals surface area contributed by atoms with Crippen molar-refractivity contribution in [2.75, 3.05) is 19.1 Å². The molecular weight excluding hydrogens is 436 g/mol. The summed E-state index contributed by atoms with van der Waals surface area (Å²) < 4.78 is 39.3. The molecule has 13 heteroatoms. The Morgan fingerprint density at radius 3 is 2.63 bits per heavy atom. The molecule has 0 N–H and O–H groups in total. The third kappa shape index (κ3) is 4.33. The molecule has 30 heavy (non-hydrogen) atoms. The summed E-state index contributed by atoms with van der Waals surface area (Å²) in [5.41, 5.74) is 7.80. The molecule has 0 aliphatic carbocycles. The Balaban J connectivity index is 1.83. The number of thioether (sulfide) groups is 1. The summed E-state index contributed by atoms with van der Waals surface area (Å²) in [6, 6.07) is 4.57. The summed E-state index contributed by atoms with van der Waals surface area (Å²) in [6.45, 7) is 1.35. The van der Waals surface area contributed by atoms with Crippen LogP contribution in [-0.2, 0) is 35.2 Å². The number of methoxy groups -OCH3 is 1. The largest absolute Gasteiger partial charge is 0.497 e. The molecule has 1 aromatic carbocycles. The van der Waals surface area contributed by atoms with Gasteiger partial charge in [-0.05, 0) is 30.2 Å². The number of fused-ring (bicyclic) bond motifs is 1. The Bertz CT molecular complexity index is 994. The number of esters is 1. The first kappa shape index (κ1) is 22.2. The maximum Gasteiger partial charge on any atom is 0.332 e. The van der Waals surface area contributed by atoms with Crippen molar-refractivity contribution in [1.29, 1.82) is 0 Å². The maximum atomic E-state index is 13.0. The third-order valence-corrected chi connectivity index (χ3v) is 6.98. The Kier molecular flexibility index (Phi) is 6.18. The van der Waals surface area contributed by atoms with Crippen LogP contribution in [0.3, 0.4) is 0 Å². The molecule has 2 unspecified atom stereocenters. The molecule has 162 valence electrons. The molecule has 3 rings (SSSR count). The van der Waals surface area contributed by atoms with Crippen molar-refractivity contribution >= 4 is 33.8 Å². The van der Waals surface area contributed by atoms with Gasteiger partial charge < -0.3 is 14.4 Å². The van der Waals surface area contributed by atoms with E-state index in [2.05, 4.69) is 10.0 Å². The van der Waals surface area contributed by atoms with Crippen LogP contribution in [0.15, 0.2) is 29.4 Å². The summed E-state index contributed by atoms with van der Waals surface area (Å²) in [5, 5.41) is 2.87. The van der Waals surface area contributed by atoms with Crippen LogP contribution in [0.5, 0.6) is 5.75 Å². The van der Waals surface area contributed by atoms with Gasteiger partial charge in [0, 0.05) is 10.7 Å². The number of benzene rings is 1. The van der Waals surface area contributed by atoms with E-state index >= 15 is 0 Å². The van der Waals surface area contributed by atoms with Crippen LogP contribution in [0.25, 0.3) is 10.4 Å². The molecule has 0 aromatic heterocycles. The Morgan fingerprint density at radius 2 is 2.07 bits per heavy atom. The second kappa shape index (κ2) is 8.34.